The fourth-order valence-corrected chi connectivity index (χ4v) is 2.31. The smallest absolute Gasteiger partial charge is 0.253 e. The number of aryl methyl sites for hydroxylation is 1. The van der Waals surface area contributed by atoms with Gasteiger partial charge in [-0.25, -0.2) is 0 Å². The first-order valence-electron chi connectivity index (χ1n) is 5.57. The molecular formula is C13H15N3OS. The molecule has 1 amide bonds. The van der Waals surface area contributed by atoms with E-state index in [1.807, 2.05) is 35.9 Å². The molecule has 4 nitrogen and oxygen atoms in total. The van der Waals surface area contributed by atoms with Crippen LogP contribution >= 0.6 is 11.3 Å². The molecule has 0 aliphatic rings. The van der Waals surface area contributed by atoms with Gasteiger partial charge in [0.15, 0.2) is 0 Å². The first-order chi connectivity index (χ1) is 8.70. The fourth-order valence-electron chi connectivity index (χ4n) is 1.65. The average molecular weight is 261 g/mol. The molecule has 0 bridgehead atoms. The molecule has 0 unspecified atom stereocenters. The predicted molar refractivity (Wildman–Crippen MR) is 74.5 cm³/mol. The number of anilines is 1. The predicted octanol–water partition coefficient (Wildman–Crippen LogP) is 2.27. The number of nitrogens with two attached hydrogens (primary N) is 1. The summed E-state index contributed by atoms with van der Waals surface area (Å²) in [6, 6.07) is 7.50. The van der Waals surface area contributed by atoms with Gasteiger partial charge in [0, 0.05) is 6.54 Å². The van der Waals surface area contributed by atoms with Gasteiger partial charge in [0.25, 0.3) is 5.91 Å². The molecule has 0 saturated heterocycles. The van der Waals surface area contributed by atoms with Crippen LogP contribution in [0.5, 0.6) is 0 Å². The van der Waals surface area contributed by atoms with Gasteiger partial charge in [-0.05, 0) is 47.0 Å². The largest absolute Gasteiger partial charge is 0.348 e. The van der Waals surface area contributed by atoms with E-state index in [0.717, 1.165) is 11.1 Å². The molecule has 1 heterocycles. The van der Waals surface area contributed by atoms with Crippen LogP contribution < -0.4 is 16.6 Å². The van der Waals surface area contributed by atoms with Crippen molar-refractivity contribution in [2.75, 3.05) is 5.43 Å². The van der Waals surface area contributed by atoms with Crippen molar-refractivity contribution in [2.45, 2.75) is 13.5 Å². The third-order valence-corrected chi connectivity index (χ3v) is 3.34. The van der Waals surface area contributed by atoms with Crippen molar-refractivity contribution in [2.24, 2.45) is 5.84 Å². The Kier molecular flexibility index (Phi) is 3.96. The van der Waals surface area contributed by atoms with Gasteiger partial charge in [-0.3, -0.25) is 10.6 Å². The summed E-state index contributed by atoms with van der Waals surface area (Å²) in [5, 5.41) is 6.87. The highest BCUT2D eigenvalue weighted by Crippen LogP contribution is 2.16. The van der Waals surface area contributed by atoms with Crippen LogP contribution in [0.1, 0.15) is 21.5 Å². The summed E-state index contributed by atoms with van der Waals surface area (Å²) in [6.07, 6.45) is 0. The Balaban J connectivity index is 2.09. The summed E-state index contributed by atoms with van der Waals surface area (Å²) < 4.78 is 0. The van der Waals surface area contributed by atoms with E-state index in [1.165, 1.54) is 0 Å². The Morgan fingerprint density at radius 2 is 2.22 bits per heavy atom. The van der Waals surface area contributed by atoms with E-state index in [-0.39, 0.29) is 5.91 Å². The summed E-state index contributed by atoms with van der Waals surface area (Å²) in [5.41, 5.74) is 5.90. The molecule has 5 heteroatoms. The zero-order chi connectivity index (χ0) is 13.0. The van der Waals surface area contributed by atoms with Crippen molar-refractivity contribution in [3.8, 4) is 0 Å². The minimum Gasteiger partial charge on any atom is -0.348 e. The van der Waals surface area contributed by atoms with Crippen molar-refractivity contribution in [1.29, 1.82) is 0 Å². The lowest BCUT2D eigenvalue weighted by Crippen LogP contribution is -2.24. The molecule has 2 aromatic rings. The topological polar surface area (TPSA) is 67.2 Å². The maximum absolute atomic E-state index is 12.0. The van der Waals surface area contributed by atoms with Crippen LogP contribution in [0.4, 0.5) is 5.69 Å². The molecule has 0 radical (unpaired) electrons. The van der Waals surface area contributed by atoms with Crippen molar-refractivity contribution >= 4 is 22.9 Å². The van der Waals surface area contributed by atoms with Gasteiger partial charge in [0.05, 0.1) is 11.3 Å². The molecule has 0 spiro atoms. The number of amides is 1. The lowest BCUT2D eigenvalue weighted by molar-refractivity contribution is 0.0951. The highest BCUT2D eigenvalue weighted by molar-refractivity contribution is 7.07. The molecule has 18 heavy (non-hydrogen) atoms. The maximum atomic E-state index is 12.0. The molecule has 0 atom stereocenters. The number of benzene rings is 1. The lowest BCUT2D eigenvalue weighted by atomic mass is 10.1. The third kappa shape index (κ3) is 2.88. The molecule has 0 fully saturated rings. The molecule has 4 N–H and O–H groups in total. The standard InChI is InChI=1S/C13H15N3OS/c1-9-2-3-11(12(6-9)16-14)13(17)15-7-10-4-5-18-8-10/h2-6,8,16H,7,14H2,1H3,(H,15,17). The van der Waals surface area contributed by atoms with Crippen LogP contribution in [0, 0.1) is 6.92 Å². The van der Waals surface area contributed by atoms with Crippen molar-refractivity contribution < 1.29 is 4.79 Å². The SMILES string of the molecule is Cc1ccc(C(=O)NCc2ccsc2)c(NN)c1. The van der Waals surface area contributed by atoms with Crippen molar-refractivity contribution in [3.63, 3.8) is 0 Å². The number of carbonyl (C=O) groups is 1. The zero-order valence-corrected chi connectivity index (χ0v) is 10.9. The van der Waals surface area contributed by atoms with Crippen LogP contribution in [-0.4, -0.2) is 5.91 Å². The van der Waals surface area contributed by atoms with Crippen LogP contribution in [0.2, 0.25) is 0 Å². The molecule has 0 aliphatic heterocycles. The normalized spacial score (nSPS) is 10.1. The molecule has 2 rings (SSSR count). The average Bonchev–Trinajstić information content (AvgIpc) is 2.88. The summed E-state index contributed by atoms with van der Waals surface area (Å²) in [6.45, 7) is 2.48. The summed E-state index contributed by atoms with van der Waals surface area (Å²) >= 11 is 1.61. The first-order valence-corrected chi connectivity index (χ1v) is 6.51. The third-order valence-electron chi connectivity index (χ3n) is 2.61. The zero-order valence-electron chi connectivity index (χ0n) is 10.1. The summed E-state index contributed by atoms with van der Waals surface area (Å²) in [7, 11) is 0. The number of hydrogen-bond acceptors (Lipinski definition) is 4. The number of nitrogen functional groups attached to an aromatic ring is 1. The highest BCUT2D eigenvalue weighted by atomic mass is 32.1. The number of nitrogens with one attached hydrogen (secondary N) is 2. The Morgan fingerprint density at radius 1 is 1.39 bits per heavy atom. The van der Waals surface area contributed by atoms with Gasteiger partial charge in [0.2, 0.25) is 0 Å². The van der Waals surface area contributed by atoms with Crippen LogP contribution in [0.25, 0.3) is 0 Å². The Morgan fingerprint density at radius 3 is 2.89 bits per heavy atom. The fraction of sp³-hybridized carbons (Fsp3) is 0.154. The van der Waals surface area contributed by atoms with Gasteiger partial charge >= 0.3 is 0 Å². The molecule has 0 aliphatic carbocycles. The molecule has 1 aromatic heterocycles. The monoisotopic (exact) mass is 261 g/mol. The van der Waals surface area contributed by atoms with E-state index >= 15 is 0 Å². The number of thiophene rings is 1. The second-order valence-corrected chi connectivity index (χ2v) is 4.79. The minimum absolute atomic E-state index is 0.130. The van der Waals surface area contributed by atoms with Gasteiger partial charge in [-0.1, -0.05) is 6.07 Å². The quantitative estimate of drug-likeness (QED) is 0.584. The van der Waals surface area contributed by atoms with Crippen LogP contribution in [-0.2, 0) is 6.54 Å². The van der Waals surface area contributed by atoms with E-state index in [4.69, 9.17) is 5.84 Å². The van der Waals surface area contributed by atoms with Crippen LogP contribution in [0.15, 0.2) is 35.0 Å². The highest BCUT2D eigenvalue weighted by Gasteiger charge is 2.10. The number of hydrazine groups is 1. The van der Waals surface area contributed by atoms with E-state index < -0.39 is 0 Å². The second-order valence-electron chi connectivity index (χ2n) is 4.01. The molecular weight excluding hydrogens is 246 g/mol. The summed E-state index contributed by atoms with van der Waals surface area (Å²) in [4.78, 5) is 12.0. The van der Waals surface area contributed by atoms with Crippen molar-refractivity contribution in [3.05, 3.63) is 51.7 Å². The van der Waals surface area contributed by atoms with Gasteiger partial charge in [0.1, 0.15) is 0 Å². The Labute approximate surface area is 110 Å². The van der Waals surface area contributed by atoms with Gasteiger partial charge in [-0.2, -0.15) is 11.3 Å². The summed E-state index contributed by atoms with van der Waals surface area (Å²) in [5.74, 6) is 5.29. The van der Waals surface area contributed by atoms with E-state index in [1.54, 1.807) is 17.4 Å². The number of carbonyl (C=O) groups excluding carboxylic acids is 1. The molecule has 1 aromatic carbocycles. The Hall–Kier alpha value is -1.85. The Bertz CT molecular complexity index is 537. The number of hydrogen-bond donors (Lipinski definition) is 3. The van der Waals surface area contributed by atoms with Gasteiger partial charge < -0.3 is 10.7 Å². The lowest BCUT2D eigenvalue weighted by Gasteiger charge is -2.10. The first kappa shape index (κ1) is 12.6. The second kappa shape index (κ2) is 5.66. The van der Waals surface area contributed by atoms with E-state index in [0.29, 0.717) is 17.8 Å². The van der Waals surface area contributed by atoms with Gasteiger partial charge in [-0.15, -0.1) is 0 Å². The maximum Gasteiger partial charge on any atom is 0.253 e. The van der Waals surface area contributed by atoms with E-state index in [2.05, 4.69) is 10.7 Å². The van der Waals surface area contributed by atoms with E-state index in [9.17, 15) is 4.79 Å². The van der Waals surface area contributed by atoms with Crippen molar-refractivity contribution in [1.82, 2.24) is 5.32 Å². The molecule has 0 saturated carbocycles. The number of rotatable bonds is 4. The minimum atomic E-state index is -0.130. The molecule has 94 valence electrons. The van der Waals surface area contributed by atoms with Crippen LogP contribution in [0.3, 0.4) is 0 Å².